The third-order valence-electron chi connectivity index (χ3n) is 5.53. The normalized spacial score (nSPS) is 15.6. The molecule has 0 saturated carbocycles. The van der Waals surface area contributed by atoms with E-state index in [0.29, 0.717) is 6.54 Å². The van der Waals surface area contributed by atoms with Crippen LogP contribution in [0.25, 0.3) is 0 Å². The summed E-state index contributed by atoms with van der Waals surface area (Å²) >= 11 is 0. The Balaban J connectivity index is 1.83. The van der Waals surface area contributed by atoms with Crippen molar-refractivity contribution in [3.05, 3.63) is 65.2 Å². The molecular formula is C24H33N3O. The van der Waals surface area contributed by atoms with Crippen LogP contribution in [-0.2, 0) is 17.8 Å². The van der Waals surface area contributed by atoms with Gasteiger partial charge in [0, 0.05) is 44.8 Å². The first kappa shape index (κ1) is 20.4. The number of hydrogen-bond donors (Lipinski definition) is 1. The van der Waals surface area contributed by atoms with Crippen molar-refractivity contribution in [2.75, 3.05) is 32.1 Å². The summed E-state index contributed by atoms with van der Waals surface area (Å²) in [7, 11) is 4.11. The average molecular weight is 380 g/mol. The van der Waals surface area contributed by atoms with E-state index in [0.717, 1.165) is 19.5 Å². The number of carbonyl (C=O) groups is 1. The van der Waals surface area contributed by atoms with Crippen molar-refractivity contribution in [1.29, 1.82) is 0 Å². The van der Waals surface area contributed by atoms with Crippen molar-refractivity contribution in [3.8, 4) is 0 Å². The van der Waals surface area contributed by atoms with E-state index in [1.807, 2.05) is 20.8 Å². The maximum absolute atomic E-state index is 12.5. The summed E-state index contributed by atoms with van der Waals surface area (Å²) in [6.45, 7) is 8.42. The van der Waals surface area contributed by atoms with Crippen molar-refractivity contribution in [2.45, 2.75) is 39.8 Å². The highest BCUT2D eigenvalue weighted by Gasteiger charge is 2.27. The van der Waals surface area contributed by atoms with Crippen LogP contribution in [-0.4, -0.2) is 38.0 Å². The summed E-state index contributed by atoms with van der Waals surface area (Å²) in [5.74, 6) is 0.0971. The number of rotatable bonds is 5. The lowest BCUT2D eigenvalue weighted by atomic mass is 9.94. The van der Waals surface area contributed by atoms with Crippen molar-refractivity contribution in [3.63, 3.8) is 0 Å². The number of nitrogens with zero attached hydrogens (tertiary/aromatic N) is 2. The molecule has 4 heteroatoms. The molecule has 1 N–H and O–H groups in total. The Hall–Kier alpha value is -2.33. The average Bonchev–Trinajstić information content (AvgIpc) is 2.67. The van der Waals surface area contributed by atoms with E-state index >= 15 is 0 Å². The van der Waals surface area contributed by atoms with Crippen LogP contribution in [0.5, 0.6) is 0 Å². The van der Waals surface area contributed by atoms with Gasteiger partial charge in [-0.15, -0.1) is 0 Å². The second kappa shape index (κ2) is 8.36. The first-order valence-corrected chi connectivity index (χ1v) is 10.1. The van der Waals surface area contributed by atoms with Crippen LogP contribution in [0.4, 0.5) is 5.69 Å². The number of hydrogen-bond acceptors (Lipinski definition) is 3. The molecule has 1 atom stereocenters. The lowest BCUT2D eigenvalue weighted by molar-refractivity contribution is -0.128. The fraction of sp³-hybridized carbons (Fsp3) is 0.458. The van der Waals surface area contributed by atoms with Gasteiger partial charge in [-0.3, -0.25) is 9.69 Å². The SMILES string of the molecule is CN(C)c1ccc([C@@H](CNC(=O)C(C)(C)C)N2CCc3ccccc3C2)cc1. The Bertz CT molecular complexity index is 805. The molecule has 1 heterocycles. The number of benzene rings is 2. The maximum Gasteiger partial charge on any atom is 0.225 e. The van der Waals surface area contributed by atoms with Gasteiger partial charge in [-0.2, -0.15) is 0 Å². The highest BCUT2D eigenvalue weighted by atomic mass is 16.2. The summed E-state index contributed by atoms with van der Waals surface area (Å²) in [6.07, 6.45) is 1.05. The summed E-state index contributed by atoms with van der Waals surface area (Å²) < 4.78 is 0. The van der Waals surface area contributed by atoms with E-state index in [9.17, 15) is 4.79 Å². The van der Waals surface area contributed by atoms with Gasteiger partial charge in [-0.25, -0.2) is 0 Å². The second-order valence-electron chi connectivity index (χ2n) is 8.95. The fourth-order valence-electron chi connectivity index (χ4n) is 3.69. The predicted octanol–water partition coefficient (Wildman–Crippen LogP) is 4.01. The van der Waals surface area contributed by atoms with Crippen LogP contribution in [0.3, 0.4) is 0 Å². The molecule has 0 fully saturated rings. The Morgan fingerprint density at radius 3 is 2.32 bits per heavy atom. The van der Waals surface area contributed by atoms with Crippen LogP contribution < -0.4 is 10.2 Å². The monoisotopic (exact) mass is 379 g/mol. The Kier molecular flexibility index (Phi) is 6.09. The molecule has 0 aliphatic carbocycles. The van der Waals surface area contributed by atoms with Crippen molar-refractivity contribution < 1.29 is 4.79 Å². The van der Waals surface area contributed by atoms with Crippen molar-refractivity contribution in [1.82, 2.24) is 10.2 Å². The molecule has 4 nitrogen and oxygen atoms in total. The molecular weight excluding hydrogens is 346 g/mol. The minimum atomic E-state index is -0.381. The smallest absolute Gasteiger partial charge is 0.225 e. The number of fused-ring (bicyclic) bond motifs is 1. The minimum absolute atomic E-state index is 0.0971. The molecule has 0 aromatic heterocycles. The van der Waals surface area contributed by atoms with Gasteiger partial charge in [0.15, 0.2) is 0 Å². The molecule has 0 saturated heterocycles. The van der Waals surface area contributed by atoms with Crippen LogP contribution in [0.1, 0.15) is 43.5 Å². The van der Waals surface area contributed by atoms with E-state index in [1.165, 1.54) is 22.4 Å². The summed E-state index contributed by atoms with van der Waals surface area (Å²) in [6, 6.07) is 17.6. The molecule has 2 aromatic carbocycles. The van der Waals surface area contributed by atoms with Crippen LogP contribution >= 0.6 is 0 Å². The van der Waals surface area contributed by atoms with Gasteiger partial charge >= 0.3 is 0 Å². The molecule has 0 spiro atoms. The van der Waals surface area contributed by atoms with E-state index < -0.39 is 0 Å². The number of carbonyl (C=O) groups excluding carboxylic acids is 1. The number of amides is 1. The summed E-state index contributed by atoms with van der Waals surface area (Å²) in [5.41, 5.74) is 4.89. The maximum atomic E-state index is 12.5. The van der Waals surface area contributed by atoms with E-state index in [-0.39, 0.29) is 17.4 Å². The van der Waals surface area contributed by atoms with Crippen molar-refractivity contribution in [2.24, 2.45) is 5.41 Å². The molecule has 1 amide bonds. The molecule has 1 aliphatic heterocycles. The van der Waals surface area contributed by atoms with Crippen LogP contribution in [0.2, 0.25) is 0 Å². The lowest BCUT2D eigenvalue weighted by Gasteiger charge is -2.36. The quantitative estimate of drug-likeness (QED) is 0.852. The Morgan fingerprint density at radius 2 is 1.71 bits per heavy atom. The van der Waals surface area contributed by atoms with Gasteiger partial charge in [0.1, 0.15) is 0 Å². The third-order valence-corrected chi connectivity index (χ3v) is 5.53. The fourth-order valence-corrected chi connectivity index (χ4v) is 3.69. The molecule has 0 radical (unpaired) electrons. The predicted molar refractivity (Wildman–Crippen MR) is 117 cm³/mol. The highest BCUT2D eigenvalue weighted by molar-refractivity contribution is 5.81. The van der Waals surface area contributed by atoms with Gasteiger partial charge in [-0.05, 0) is 35.2 Å². The third kappa shape index (κ3) is 4.74. The van der Waals surface area contributed by atoms with Crippen LogP contribution in [0, 0.1) is 5.41 Å². The zero-order valence-corrected chi connectivity index (χ0v) is 17.8. The lowest BCUT2D eigenvalue weighted by Crippen LogP contribution is -2.43. The van der Waals surface area contributed by atoms with Gasteiger partial charge < -0.3 is 10.2 Å². The van der Waals surface area contributed by atoms with Gasteiger partial charge in [0.25, 0.3) is 0 Å². The van der Waals surface area contributed by atoms with E-state index in [1.54, 1.807) is 0 Å². The zero-order chi connectivity index (χ0) is 20.3. The Morgan fingerprint density at radius 1 is 1.07 bits per heavy atom. The molecule has 2 aromatic rings. The topological polar surface area (TPSA) is 35.6 Å². The summed E-state index contributed by atoms with van der Waals surface area (Å²) in [5, 5.41) is 3.19. The minimum Gasteiger partial charge on any atom is -0.378 e. The Labute approximate surface area is 169 Å². The van der Waals surface area contributed by atoms with E-state index in [4.69, 9.17) is 0 Å². The molecule has 0 unspecified atom stereocenters. The number of anilines is 1. The van der Waals surface area contributed by atoms with Crippen molar-refractivity contribution >= 4 is 11.6 Å². The second-order valence-corrected chi connectivity index (χ2v) is 8.95. The summed E-state index contributed by atoms with van der Waals surface area (Å²) in [4.78, 5) is 17.1. The highest BCUT2D eigenvalue weighted by Crippen LogP contribution is 2.29. The standard InChI is InChI=1S/C24H33N3O/c1-24(2,3)23(28)25-16-22(19-10-12-21(13-11-19)26(4)5)27-15-14-18-8-6-7-9-20(18)17-27/h6-13,22H,14-17H2,1-5H3,(H,25,28)/t22-/m1/s1. The first-order valence-electron chi connectivity index (χ1n) is 10.1. The largest absolute Gasteiger partial charge is 0.378 e. The first-order chi connectivity index (χ1) is 13.3. The van der Waals surface area contributed by atoms with Gasteiger partial charge in [0.05, 0.1) is 6.04 Å². The van der Waals surface area contributed by atoms with Gasteiger partial charge in [0.2, 0.25) is 5.91 Å². The molecule has 1 aliphatic rings. The van der Waals surface area contributed by atoms with Crippen LogP contribution in [0.15, 0.2) is 48.5 Å². The van der Waals surface area contributed by atoms with E-state index in [2.05, 4.69) is 77.7 Å². The van der Waals surface area contributed by atoms with Gasteiger partial charge in [-0.1, -0.05) is 57.2 Å². The number of nitrogens with one attached hydrogen (secondary N) is 1. The molecule has 0 bridgehead atoms. The zero-order valence-electron chi connectivity index (χ0n) is 17.8. The molecule has 150 valence electrons. The molecule has 3 rings (SSSR count). The molecule has 28 heavy (non-hydrogen) atoms.